The lowest BCUT2D eigenvalue weighted by atomic mass is 9.73. The molecule has 1 unspecified atom stereocenters. The van der Waals surface area contributed by atoms with Crippen molar-refractivity contribution < 1.29 is 19.7 Å². The maximum absolute atomic E-state index is 11.6. The number of aliphatic hydroxyl groups is 2. The van der Waals surface area contributed by atoms with Crippen molar-refractivity contribution in [1.82, 2.24) is 34.4 Å². The largest absolute Gasteiger partial charge is 0.386 e. The number of nitrogens with zero attached hydrogens (tertiary/aromatic N) is 6. The van der Waals surface area contributed by atoms with E-state index in [-0.39, 0.29) is 17.5 Å². The maximum atomic E-state index is 11.6. The lowest BCUT2D eigenvalue weighted by Crippen LogP contribution is -2.66. The molecule has 4 aromatic rings. The predicted molar refractivity (Wildman–Crippen MR) is 151 cm³/mol. The van der Waals surface area contributed by atoms with Gasteiger partial charge in [0.25, 0.3) is 0 Å². The number of imidazole rings is 2. The summed E-state index contributed by atoms with van der Waals surface area (Å²) in [4.78, 5) is 22.8. The Kier molecular flexibility index (Phi) is 6.15. The number of aromatic amines is 1. The average Bonchev–Trinajstić information content (AvgIpc) is 3.60. The van der Waals surface area contributed by atoms with Crippen molar-refractivity contribution in [2.24, 2.45) is 5.92 Å². The number of aryl methyl sites for hydroxylation is 1. The fourth-order valence-electron chi connectivity index (χ4n) is 6.76. The molecule has 12 nitrogen and oxygen atoms in total. The monoisotopic (exact) mass is 562 g/mol. The number of aromatic nitrogens is 6. The Balaban J connectivity index is 0.985. The highest BCUT2D eigenvalue weighted by molar-refractivity contribution is 5.81. The van der Waals surface area contributed by atoms with Crippen LogP contribution in [0.3, 0.4) is 0 Å². The summed E-state index contributed by atoms with van der Waals surface area (Å²) in [7, 11) is 0. The highest BCUT2D eigenvalue weighted by Crippen LogP contribution is 2.47. The second-order valence-corrected chi connectivity index (χ2v) is 13.0. The van der Waals surface area contributed by atoms with Gasteiger partial charge in [0.2, 0.25) is 0 Å². The van der Waals surface area contributed by atoms with E-state index in [4.69, 9.17) is 20.2 Å². The van der Waals surface area contributed by atoms with Gasteiger partial charge in [-0.25, -0.2) is 24.8 Å². The van der Waals surface area contributed by atoms with Crippen molar-refractivity contribution in [3.8, 4) is 0 Å². The first-order chi connectivity index (χ1) is 19.5. The number of nitrogens with one attached hydrogen (secondary N) is 1. The SMILES string of the molecule is CC1O[C@H]2[C@@H](O)[C@H](n3cnc4c(N)ncnc43)O[C@@H]2CN1[C@]1(O)C[C@H](CCc2nc3cc(C(C)(C)C)ccc3[nH]2)C1. The molecule has 0 radical (unpaired) electrons. The molecule has 7 rings (SSSR count). The molecule has 3 aromatic heterocycles. The molecule has 3 aliphatic rings. The molecule has 5 atom stereocenters. The van der Waals surface area contributed by atoms with Crippen molar-refractivity contribution >= 4 is 28.0 Å². The summed E-state index contributed by atoms with van der Waals surface area (Å²) in [6.45, 7) is 9.00. The second kappa shape index (κ2) is 9.43. The van der Waals surface area contributed by atoms with Gasteiger partial charge in [-0.15, -0.1) is 0 Å². The second-order valence-electron chi connectivity index (χ2n) is 13.0. The fraction of sp³-hybridized carbons (Fsp3) is 0.586. The van der Waals surface area contributed by atoms with Gasteiger partial charge < -0.3 is 30.4 Å². The minimum Gasteiger partial charge on any atom is -0.386 e. The molecule has 2 aliphatic heterocycles. The van der Waals surface area contributed by atoms with Gasteiger partial charge >= 0.3 is 0 Å². The van der Waals surface area contributed by atoms with Crippen LogP contribution >= 0.6 is 0 Å². The van der Waals surface area contributed by atoms with E-state index in [9.17, 15) is 10.2 Å². The summed E-state index contributed by atoms with van der Waals surface area (Å²) in [5.74, 6) is 1.64. The molecule has 3 fully saturated rings. The van der Waals surface area contributed by atoms with Crippen LogP contribution in [0.2, 0.25) is 0 Å². The van der Waals surface area contributed by atoms with E-state index >= 15 is 0 Å². The Labute approximate surface area is 237 Å². The number of aliphatic hydroxyl groups excluding tert-OH is 1. The highest BCUT2D eigenvalue weighted by atomic mass is 16.6. The number of anilines is 1. The van der Waals surface area contributed by atoms with Crippen LogP contribution in [0.4, 0.5) is 5.82 Å². The van der Waals surface area contributed by atoms with Gasteiger partial charge in [0.1, 0.15) is 47.9 Å². The van der Waals surface area contributed by atoms with Gasteiger partial charge in [-0.1, -0.05) is 26.8 Å². The van der Waals surface area contributed by atoms with E-state index in [1.807, 2.05) is 11.8 Å². The van der Waals surface area contributed by atoms with E-state index in [1.165, 1.54) is 11.9 Å². The third kappa shape index (κ3) is 4.49. The minimum absolute atomic E-state index is 0.0822. The van der Waals surface area contributed by atoms with Crippen LogP contribution in [0.15, 0.2) is 30.9 Å². The number of hydrogen-bond acceptors (Lipinski definition) is 10. The molecule has 5 heterocycles. The molecule has 1 saturated carbocycles. The lowest BCUT2D eigenvalue weighted by molar-refractivity contribution is -0.285. The Hall–Kier alpha value is -3.16. The van der Waals surface area contributed by atoms with Crippen molar-refractivity contribution in [2.45, 2.75) is 95.3 Å². The van der Waals surface area contributed by atoms with Crippen molar-refractivity contribution in [2.75, 3.05) is 12.3 Å². The van der Waals surface area contributed by atoms with Gasteiger partial charge in [-0.2, -0.15) is 0 Å². The van der Waals surface area contributed by atoms with Gasteiger partial charge in [-0.3, -0.25) is 4.57 Å². The molecule has 5 N–H and O–H groups in total. The zero-order chi connectivity index (χ0) is 28.7. The number of H-pyrrole nitrogens is 1. The number of rotatable bonds is 5. The lowest BCUT2D eigenvalue weighted by Gasteiger charge is -2.55. The van der Waals surface area contributed by atoms with E-state index in [0.717, 1.165) is 29.7 Å². The number of benzene rings is 1. The number of hydrogen-bond donors (Lipinski definition) is 4. The van der Waals surface area contributed by atoms with Gasteiger partial charge in [-0.05, 0) is 55.2 Å². The Morgan fingerprint density at radius 3 is 2.76 bits per heavy atom. The molecule has 1 aliphatic carbocycles. The molecule has 0 amide bonds. The summed E-state index contributed by atoms with van der Waals surface area (Å²) < 4.78 is 14.2. The molecule has 2 saturated heterocycles. The molecule has 12 heteroatoms. The molecule has 41 heavy (non-hydrogen) atoms. The molecule has 0 bridgehead atoms. The Bertz CT molecular complexity index is 1590. The minimum atomic E-state index is -0.972. The first-order valence-electron chi connectivity index (χ1n) is 14.4. The summed E-state index contributed by atoms with van der Waals surface area (Å²) in [5.41, 5.74) is 9.33. The van der Waals surface area contributed by atoms with Gasteiger partial charge in [0.15, 0.2) is 17.7 Å². The number of fused-ring (bicyclic) bond motifs is 3. The Morgan fingerprint density at radius 1 is 1.17 bits per heavy atom. The van der Waals surface area contributed by atoms with Gasteiger partial charge in [0, 0.05) is 13.0 Å². The maximum Gasteiger partial charge on any atom is 0.167 e. The number of nitrogens with two attached hydrogens (primary N) is 1. The average molecular weight is 563 g/mol. The van der Waals surface area contributed by atoms with E-state index in [1.54, 1.807) is 10.9 Å². The summed E-state index contributed by atoms with van der Waals surface area (Å²) in [6, 6.07) is 6.46. The smallest absolute Gasteiger partial charge is 0.167 e. The number of ether oxygens (including phenoxy) is 2. The van der Waals surface area contributed by atoms with Crippen LogP contribution in [-0.2, 0) is 21.3 Å². The molecular weight excluding hydrogens is 524 g/mol. The van der Waals surface area contributed by atoms with Crippen LogP contribution in [0, 0.1) is 5.92 Å². The topological polar surface area (TPSA) is 160 Å². The van der Waals surface area contributed by atoms with Crippen molar-refractivity contribution in [1.29, 1.82) is 0 Å². The van der Waals surface area contributed by atoms with Crippen LogP contribution < -0.4 is 5.73 Å². The van der Waals surface area contributed by atoms with E-state index in [2.05, 4.69) is 58.9 Å². The third-order valence-electron chi connectivity index (χ3n) is 9.09. The first kappa shape index (κ1) is 26.7. The van der Waals surface area contributed by atoms with Crippen LogP contribution in [-0.4, -0.2) is 81.4 Å². The van der Waals surface area contributed by atoms with Crippen molar-refractivity contribution in [3.63, 3.8) is 0 Å². The predicted octanol–water partition coefficient (Wildman–Crippen LogP) is 2.62. The van der Waals surface area contributed by atoms with Crippen LogP contribution in [0.1, 0.15) is 64.6 Å². The third-order valence-corrected chi connectivity index (χ3v) is 9.09. The van der Waals surface area contributed by atoms with E-state index in [0.29, 0.717) is 36.5 Å². The number of nitrogen functional groups attached to an aromatic ring is 1. The summed E-state index contributed by atoms with van der Waals surface area (Å²) >= 11 is 0. The quantitative estimate of drug-likeness (QED) is 0.285. The highest BCUT2D eigenvalue weighted by Gasteiger charge is 2.56. The molecule has 0 spiro atoms. The molecular formula is C29H38N8O4. The Morgan fingerprint density at radius 2 is 1.98 bits per heavy atom. The summed E-state index contributed by atoms with van der Waals surface area (Å²) in [5, 5.41) is 22.7. The fourth-order valence-corrected chi connectivity index (χ4v) is 6.76. The zero-order valence-corrected chi connectivity index (χ0v) is 23.9. The summed E-state index contributed by atoms with van der Waals surface area (Å²) in [6.07, 6.45) is 3.02. The molecule has 1 aromatic carbocycles. The van der Waals surface area contributed by atoms with Gasteiger partial charge in [0.05, 0.1) is 17.4 Å². The van der Waals surface area contributed by atoms with Crippen molar-refractivity contribution in [3.05, 3.63) is 42.2 Å². The molecule has 218 valence electrons. The normalized spacial score (nSPS) is 32.4. The zero-order valence-electron chi connectivity index (χ0n) is 23.9. The van der Waals surface area contributed by atoms with Crippen LogP contribution in [0.5, 0.6) is 0 Å². The van der Waals surface area contributed by atoms with Crippen LogP contribution in [0.25, 0.3) is 22.2 Å². The standard InChI is InChI=1S/C29H38N8O4/c1-15-37(12-20-24(40-15)23(38)27(41-20)36-14-33-22-25(30)31-13-32-26(22)36)29(39)10-16(11-29)5-8-21-34-18-7-6-17(28(2,3)4)9-19(18)35-21/h6-7,9,13-16,20,23-24,27,38-39H,5,8,10-12H2,1-4H3,(H,34,35)(H2,30,31,32)/t15?,16-,20-,23-,24-,27-,29-/m1/s1. The van der Waals surface area contributed by atoms with E-state index < -0.39 is 30.3 Å². The first-order valence-corrected chi connectivity index (χ1v) is 14.4.